The Morgan fingerprint density at radius 3 is 2.45 bits per heavy atom. The molecule has 3 amide bonds. The minimum Gasteiger partial charge on any atom is -0.460 e. The number of carbonyl (C=O) groups excluding carboxylic acids is 4. The van der Waals surface area contributed by atoms with E-state index in [-0.39, 0.29) is 17.4 Å². The lowest BCUT2D eigenvalue weighted by Crippen LogP contribution is -2.71. The van der Waals surface area contributed by atoms with Crippen LogP contribution in [0.5, 0.6) is 0 Å². The Morgan fingerprint density at radius 2 is 1.88 bits per heavy atom. The Bertz CT molecular complexity index is 1060. The highest BCUT2D eigenvalue weighted by Crippen LogP contribution is 2.54. The van der Waals surface area contributed by atoms with Crippen molar-refractivity contribution in [3.8, 4) is 0 Å². The number of β-lactam (4-membered cyclic amide) rings is 1. The summed E-state index contributed by atoms with van der Waals surface area (Å²) in [7, 11) is 0. The molecule has 4 atom stereocenters. The molecule has 0 radical (unpaired) electrons. The summed E-state index contributed by atoms with van der Waals surface area (Å²) < 4.78 is 2.40. The fourth-order valence-corrected chi connectivity index (χ4v) is 6.66. The van der Waals surface area contributed by atoms with Crippen LogP contribution in [0.1, 0.15) is 53.0 Å². The van der Waals surface area contributed by atoms with Crippen molar-refractivity contribution >= 4 is 81.9 Å². The van der Waals surface area contributed by atoms with Gasteiger partial charge in [-0.3, -0.25) is 19.3 Å². The van der Waals surface area contributed by atoms with Crippen molar-refractivity contribution in [1.29, 1.82) is 0 Å². The summed E-state index contributed by atoms with van der Waals surface area (Å²) in [6.07, 6.45) is 0. The van der Waals surface area contributed by atoms with Crippen LogP contribution >= 0.6 is 58.2 Å². The molecular weight excluding hydrogens is 534 g/mol. The fraction of sp³-hybridized carbons (Fsp3) is 0.524. The summed E-state index contributed by atoms with van der Waals surface area (Å²) in [5.41, 5.74) is 1.35. The number of imide groups is 1. The smallest absolute Gasteiger partial charge is 0.330 e. The molecule has 2 unspecified atom stereocenters. The lowest BCUT2D eigenvalue weighted by molar-refractivity contribution is -0.165. The molecule has 0 aromatic heterocycles. The van der Waals surface area contributed by atoms with E-state index in [0.29, 0.717) is 5.56 Å². The quantitative estimate of drug-likeness (QED) is 0.237. The third kappa shape index (κ3) is 3.92. The second-order valence-electron chi connectivity index (χ2n) is 8.68. The van der Waals surface area contributed by atoms with Gasteiger partial charge in [-0.25, -0.2) is 4.79 Å². The van der Waals surface area contributed by atoms with Crippen LogP contribution in [-0.4, -0.2) is 72.0 Å². The first-order valence-electron chi connectivity index (χ1n) is 10.1. The summed E-state index contributed by atoms with van der Waals surface area (Å²) in [5, 5.41) is -0.642. The van der Waals surface area contributed by atoms with Gasteiger partial charge in [-0.1, -0.05) is 60.8 Å². The number of esters is 1. The van der Waals surface area contributed by atoms with Gasteiger partial charge in [0, 0.05) is 5.88 Å². The topological polar surface area (TPSA) is 84.0 Å². The molecule has 0 N–H and O–H groups in total. The molecule has 2 saturated heterocycles. The van der Waals surface area contributed by atoms with Crippen LogP contribution in [0.25, 0.3) is 0 Å². The first-order chi connectivity index (χ1) is 15.3. The monoisotopic (exact) mass is 552 g/mol. The van der Waals surface area contributed by atoms with Crippen LogP contribution in [0, 0.1) is 0 Å². The summed E-state index contributed by atoms with van der Waals surface area (Å²) in [6.45, 7) is 5.08. The normalized spacial score (nSPS) is 28.8. The van der Waals surface area contributed by atoms with Crippen LogP contribution in [-0.2, 0) is 14.3 Å². The van der Waals surface area contributed by atoms with Gasteiger partial charge in [0.2, 0.25) is 3.79 Å². The number of benzene rings is 1. The van der Waals surface area contributed by atoms with Crippen LogP contribution in [0.2, 0.25) is 0 Å². The third-order valence-electron chi connectivity index (χ3n) is 6.04. The molecular formula is C21H20Cl4N2O5S. The number of halogens is 4. The highest BCUT2D eigenvalue weighted by Gasteiger charge is 2.68. The molecule has 0 saturated carbocycles. The minimum absolute atomic E-state index is 0.0117. The molecule has 33 heavy (non-hydrogen) atoms. The van der Waals surface area contributed by atoms with Crippen molar-refractivity contribution in [1.82, 2.24) is 9.80 Å². The second-order valence-corrected chi connectivity index (χ2v) is 13.1. The predicted molar refractivity (Wildman–Crippen MR) is 127 cm³/mol. The number of nitrogens with zero attached hydrogens (tertiary/aromatic N) is 2. The van der Waals surface area contributed by atoms with Crippen molar-refractivity contribution < 1.29 is 23.9 Å². The number of carbonyl (C=O) groups is 4. The SMILES string of the molecule is CC(C)c1cccc2c1C(=O)N(C1C(=O)N3C(C(=O)OCC(Cl)(Cl)Cl)[C@](C)(CCl)S[C@@H]13)C2=O. The van der Waals surface area contributed by atoms with Crippen molar-refractivity contribution in [2.75, 3.05) is 12.5 Å². The van der Waals surface area contributed by atoms with Gasteiger partial charge < -0.3 is 9.64 Å². The predicted octanol–water partition coefficient (Wildman–Crippen LogP) is 3.97. The lowest BCUT2D eigenvalue weighted by Gasteiger charge is -2.46. The zero-order valence-corrected chi connectivity index (χ0v) is 21.7. The molecule has 0 spiro atoms. The molecule has 0 aliphatic carbocycles. The minimum atomic E-state index is -1.81. The van der Waals surface area contributed by atoms with Gasteiger partial charge in [0.25, 0.3) is 17.7 Å². The lowest BCUT2D eigenvalue weighted by atomic mass is 9.94. The maximum Gasteiger partial charge on any atom is 0.330 e. The number of ether oxygens (including phenoxy) is 1. The van der Waals surface area contributed by atoms with Gasteiger partial charge in [-0.2, -0.15) is 0 Å². The van der Waals surface area contributed by atoms with E-state index in [0.717, 1.165) is 10.5 Å². The van der Waals surface area contributed by atoms with E-state index >= 15 is 0 Å². The van der Waals surface area contributed by atoms with Crippen LogP contribution in [0.15, 0.2) is 18.2 Å². The van der Waals surface area contributed by atoms with E-state index in [1.54, 1.807) is 25.1 Å². The van der Waals surface area contributed by atoms with Crippen LogP contribution in [0.4, 0.5) is 0 Å². The summed E-state index contributed by atoms with van der Waals surface area (Å²) in [5.74, 6) is -2.30. The van der Waals surface area contributed by atoms with Gasteiger partial charge in [0.1, 0.15) is 24.1 Å². The van der Waals surface area contributed by atoms with Crippen molar-refractivity contribution in [2.24, 2.45) is 0 Å². The molecule has 12 heteroatoms. The van der Waals surface area contributed by atoms with E-state index in [4.69, 9.17) is 51.1 Å². The molecule has 0 bridgehead atoms. The number of fused-ring (bicyclic) bond motifs is 2. The van der Waals surface area contributed by atoms with Gasteiger partial charge >= 0.3 is 5.97 Å². The van der Waals surface area contributed by atoms with Crippen LogP contribution < -0.4 is 0 Å². The standard InChI is InChI=1S/C21H20Cl4N2O5S/c1-9(2)10-5-4-6-11-12(10)16(29)26(15(11)28)13-17(30)27-14(19(31)32-8-21(23,24)25)20(3,7-22)33-18(13)27/h4-6,9,13-14,18H,7-8H2,1-3H3/t13?,14?,18-,20-/m0/s1. The zero-order chi connectivity index (χ0) is 24.5. The van der Waals surface area contributed by atoms with Gasteiger partial charge in [0.15, 0.2) is 0 Å². The van der Waals surface area contributed by atoms with E-state index in [9.17, 15) is 19.2 Å². The summed E-state index contributed by atoms with van der Waals surface area (Å²) >= 11 is 24.5. The second kappa shape index (κ2) is 8.48. The number of rotatable bonds is 5. The molecule has 3 heterocycles. The largest absolute Gasteiger partial charge is 0.460 e. The van der Waals surface area contributed by atoms with Crippen LogP contribution in [0.3, 0.4) is 0 Å². The number of hydrogen-bond donors (Lipinski definition) is 0. The first-order valence-corrected chi connectivity index (χ1v) is 12.7. The molecule has 3 aliphatic heterocycles. The average molecular weight is 554 g/mol. The zero-order valence-electron chi connectivity index (χ0n) is 17.8. The molecule has 178 valence electrons. The van der Waals surface area contributed by atoms with Crippen molar-refractivity contribution in [2.45, 2.75) is 52.7 Å². The Balaban J connectivity index is 1.63. The molecule has 2 fully saturated rings. The van der Waals surface area contributed by atoms with E-state index < -0.39 is 56.3 Å². The maximum atomic E-state index is 13.3. The number of alkyl halides is 4. The first kappa shape index (κ1) is 24.9. The number of amides is 3. The van der Waals surface area contributed by atoms with Gasteiger partial charge in [-0.05, 0) is 24.5 Å². The fourth-order valence-electron chi connectivity index (χ4n) is 4.50. The Hall–Kier alpha value is -1.19. The highest BCUT2D eigenvalue weighted by atomic mass is 35.6. The van der Waals surface area contributed by atoms with Gasteiger partial charge in [0.05, 0.1) is 15.9 Å². The molecule has 7 nitrogen and oxygen atoms in total. The highest BCUT2D eigenvalue weighted by molar-refractivity contribution is 8.01. The van der Waals surface area contributed by atoms with Crippen molar-refractivity contribution in [3.63, 3.8) is 0 Å². The van der Waals surface area contributed by atoms with E-state index in [2.05, 4.69) is 0 Å². The number of thioether (sulfide) groups is 1. The Morgan fingerprint density at radius 1 is 1.21 bits per heavy atom. The third-order valence-corrected chi connectivity index (χ3v) is 8.72. The molecule has 3 aliphatic rings. The van der Waals surface area contributed by atoms with E-state index in [1.165, 1.54) is 16.7 Å². The molecule has 1 aromatic rings. The summed E-state index contributed by atoms with van der Waals surface area (Å²) in [4.78, 5) is 54.9. The van der Waals surface area contributed by atoms with Gasteiger partial charge in [-0.15, -0.1) is 23.4 Å². The molecule has 1 aromatic carbocycles. The number of hydrogen-bond acceptors (Lipinski definition) is 6. The van der Waals surface area contributed by atoms with Crippen molar-refractivity contribution in [3.05, 3.63) is 34.9 Å². The summed E-state index contributed by atoms with van der Waals surface area (Å²) in [6, 6.07) is 3.02. The Kier molecular flexibility index (Phi) is 6.41. The maximum absolute atomic E-state index is 13.3. The molecule has 4 rings (SSSR count). The average Bonchev–Trinajstić information content (AvgIpc) is 3.16. The Labute approximate surface area is 215 Å². The van der Waals surface area contributed by atoms with E-state index in [1.807, 2.05) is 13.8 Å².